The van der Waals surface area contributed by atoms with Gasteiger partial charge in [0.1, 0.15) is 6.04 Å². The van der Waals surface area contributed by atoms with Crippen LogP contribution in [-0.2, 0) is 11.2 Å². The highest BCUT2D eigenvalue weighted by Crippen LogP contribution is 2.26. The predicted molar refractivity (Wildman–Crippen MR) is 84.0 cm³/mol. The number of rotatable bonds is 1. The molecule has 0 saturated carbocycles. The molecule has 0 radical (unpaired) electrons. The number of amides is 2. The molecule has 1 unspecified atom stereocenters. The van der Waals surface area contributed by atoms with E-state index in [-0.39, 0.29) is 24.2 Å². The first-order valence-electron chi connectivity index (χ1n) is 7.13. The van der Waals surface area contributed by atoms with Crippen LogP contribution < -0.4 is 10.6 Å². The van der Waals surface area contributed by atoms with Crippen molar-refractivity contribution in [3.63, 3.8) is 0 Å². The maximum Gasteiger partial charge on any atom is 0.254 e. The average Bonchev–Trinajstić information content (AvgIpc) is 2.49. The normalized spacial score (nSPS) is 20.7. The van der Waals surface area contributed by atoms with E-state index in [1.54, 1.807) is 11.8 Å². The minimum absolute atomic E-state index is 0. The van der Waals surface area contributed by atoms with Crippen LogP contribution in [0, 0.1) is 0 Å². The smallest absolute Gasteiger partial charge is 0.254 e. The standard InChI is InChI=1S/C15H19N3O2.ClH/c1-10-14(19)17-8-9-18(10)15(20)12-4-2-6-13-11(12)5-3-7-16-13;/h2,4,6,10,16H,3,5,7-9H2,1H3,(H,17,19);1H. The molecule has 0 bridgehead atoms. The molecule has 1 aromatic carbocycles. The van der Waals surface area contributed by atoms with Crippen molar-refractivity contribution < 1.29 is 9.59 Å². The van der Waals surface area contributed by atoms with Gasteiger partial charge in [0.25, 0.3) is 5.91 Å². The van der Waals surface area contributed by atoms with Crippen molar-refractivity contribution in [3.05, 3.63) is 29.3 Å². The Morgan fingerprint density at radius 3 is 2.90 bits per heavy atom. The number of nitrogens with zero attached hydrogens (tertiary/aromatic N) is 1. The quantitative estimate of drug-likeness (QED) is 0.825. The Hall–Kier alpha value is -1.75. The Bertz CT molecular complexity index is 562. The largest absolute Gasteiger partial charge is 0.385 e. The number of halogens is 1. The van der Waals surface area contributed by atoms with Gasteiger partial charge in [-0.15, -0.1) is 12.4 Å². The van der Waals surface area contributed by atoms with E-state index in [1.807, 2.05) is 18.2 Å². The van der Waals surface area contributed by atoms with Crippen molar-refractivity contribution in [3.8, 4) is 0 Å². The number of piperazine rings is 1. The van der Waals surface area contributed by atoms with Gasteiger partial charge in [0.05, 0.1) is 0 Å². The van der Waals surface area contributed by atoms with Crippen molar-refractivity contribution in [2.75, 3.05) is 25.0 Å². The van der Waals surface area contributed by atoms with Gasteiger partial charge in [-0.05, 0) is 37.5 Å². The van der Waals surface area contributed by atoms with Gasteiger partial charge in [-0.3, -0.25) is 9.59 Å². The molecule has 6 heteroatoms. The molecule has 2 heterocycles. The zero-order chi connectivity index (χ0) is 14.1. The summed E-state index contributed by atoms with van der Waals surface area (Å²) >= 11 is 0. The fourth-order valence-electron chi connectivity index (χ4n) is 2.92. The highest BCUT2D eigenvalue weighted by atomic mass is 35.5. The summed E-state index contributed by atoms with van der Waals surface area (Å²) in [5, 5.41) is 6.12. The molecule has 2 amide bonds. The second kappa shape index (κ2) is 6.35. The fraction of sp³-hybridized carbons (Fsp3) is 0.467. The lowest BCUT2D eigenvalue weighted by Crippen LogP contribution is -2.56. The Morgan fingerprint density at radius 2 is 2.10 bits per heavy atom. The SMILES string of the molecule is CC1C(=O)NCCN1C(=O)c1cccc2c1CCCN2.Cl. The molecule has 2 aliphatic rings. The van der Waals surface area contributed by atoms with Gasteiger partial charge in [-0.1, -0.05) is 6.07 Å². The molecule has 21 heavy (non-hydrogen) atoms. The average molecular weight is 310 g/mol. The van der Waals surface area contributed by atoms with Crippen molar-refractivity contribution in [2.24, 2.45) is 0 Å². The molecular formula is C15H20ClN3O2. The molecule has 0 aliphatic carbocycles. The molecule has 1 saturated heterocycles. The second-order valence-electron chi connectivity index (χ2n) is 5.33. The number of hydrogen-bond donors (Lipinski definition) is 2. The summed E-state index contributed by atoms with van der Waals surface area (Å²) in [7, 11) is 0. The molecule has 1 fully saturated rings. The number of anilines is 1. The Balaban J connectivity index is 0.00000161. The Labute approximate surface area is 130 Å². The number of fused-ring (bicyclic) bond motifs is 1. The van der Waals surface area contributed by atoms with Crippen LogP contribution in [-0.4, -0.2) is 42.4 Å². The topological polar surface area (TPSA) is 61.4 Å². The first-order chi connectivity index (χ1) is 9.68. The maximum absolute atomic E-state index is 12.7. The van der Waals surface area contributed by atoms with E-state index in [2.05, 4.69) is 10.6 Å². The van der Waals surface area contributed by atoms with Gasteiger partial charge in [-0.25, -0.2) is 0 Å². The second-order valence-corrected chi connectivity index (χ2v) is 5.33. The number of carbonyl (C=O) groups excluding carboxylic acids is 2. The van der Waals surface area contributed by atoms with Crippen LogP contribution in [0.4, 0.5) is 5.69 Å². The molecule has 0 aromatic heterocycles. The van der Waals surface area contributed by atoms with Gasteiger partial charge in [0.2, 0.25) is 5.91 Å². The molecule has 1 atom stereocenters. The van der Waals surface area contributed by atoms with E-state index < -0.39 is 6.04 Å². The fourth-order valence-corrected chi connectivity index (χ4v) is 2.92. The van der Waals surface area contributed by atoms with Gasteiger partial charge in [-0.2, -0.15) is 0 Å². The number of nitrogens with one attached hydrogen (secondary N) is 2. The van der Waals surface area contributed by atoms with E-state index in [4.69, 9.17) is 0 Å². The van der Waals surface area contributed by atoms with E-state index in [1.165, 1.54) is 0 Å². The Morgan fingerprint density at radius 1 is 1.29 bits per heavy atom. The third-order valence-electron chi connectivity index (χ3n) is 4.09. The van der Waals surface area contributed by atoms with Crippen LogP contribution in [0.5, 0.6) is 0 Å². The van der Waals surface area contributed by atoms with Crippen molar-refractivity contribution >= 4 is 29.9 Å². The molecule has 2 aliphatic heterocycles. The molecule has 2 N–H and O–H groups in total. The predicted octanol–water partition coefficient (Wildman–Crippen LogP) is 1.43. The summed E-state index contributed by atoms with van der Waals surface area (Å²) in [6.45, 7) is 3.83. The van der Waals surface area contributed by atoms with Crippen LogP contribution in [0.3, 0.4) is 0 Å². The summed E-state index contributed by atoms with van der Waals surface area (Å²) < 4.78 is 0. The molecule has 1 aromatic rings. The number of carbonyl (C=O) groups is 2. The van der Waals surface area contributed by atoms with Crippen LogP contribution in [0.2, 0.25) is 0 Å². The lowest BCUT2D eigenvalue weighted by Gasteiger charge is -2.34. The van der Waals surface area contributed by atoms with E-state index in [0.29, 0.717) is 13.1 Å². The van der Waals surface area contributed by atoms with Crippen molar-refractivity contribution in [1.82, 2.24) is 10.2 Å². The highest BCUT2D eigenvalue weighted by Gasteiger charge is 2.31. The lowest BCUT2D eigenvalue weighted by atomic mass is 9.96. The molecule has 3 rings (SSSR count). The van der Waals surface area contributed by atoms with Gasteiger partial charge in [0, 0.05) is 30.9 Å². The molecule has 114 valence electrons. The van der Waals surface area contributed by atoms with E-state index in [0.717, 1.165) is 36.2 Å². The summed E-state index contributed by atoms with van der Waals surface area (Å²) in [4.78, 5) is 26.1. The van der Waals surface area contributed by atoms with Crippen molar-refractivity contribution in [2.45, 2.75) is 25.8 Å². The minimum Gasteiger partial charge on any atom is -0.385 e. The zero-order valence-corrected chi connectivity index (χ0v) is 12.8. The number of benzene rings is 1. The summed E-state index contributed by atoms with van der Waals surface area (Å²) in [5.74, 6) is -0.111. The van der Waals surface area contributed by atoms with Gasteiger partial charge < -0.3 is 15.5 Å². The molecule has 5 nitrogen and oxygen atoms in total. The minimum atomic E-state index is -0.399. The van der Waals surface area contributed by atoms with E-state index in [9.17, 15) is 9.59 Å². The molecular weight excluding hydrogens is 290 g/mol. The first-order valence-corrected chi connectivity index (χ1v) is 7.13. The van der Waals surface area contributed by atoms with Gasteiger partial charge >= 0.3 is 0 Å². The lowest BCUT2D eigenvalue weighted by molar-refractivity contribution is -0.127. The summed E-state index contributed by atoms with van der Waals surface area (Å²) in [5.41, 5.74) is 2.87. The van der Waals surface area contributed by atoms with Crippen LogP contribution in [0.25, 0.3) is 0 Å². The summed E-state index contributed by atoms with van der Waals surface area (Å²) in [6.07, 6.45) is 1.95. The zero-order valence-electron chi connectivity index (χ0n) is 12.0. The molecule has 0 spiro atoms. The van der Waals surface area contributed by atoms with E-state index >= 15 is 0 Å². The van der Waals surface area contributed by atoms with Gasteiger partial charge in [0.15, 0.2) is 0 Å². The highest BCUT2D eigenvalue weighted by molar-refractivity contribution is 6.00. The third kappa shape index (κ3) is 2.83. The summed E-state index contributed by atoms with van der Waals surface area (Å²) in [6, 6.07) is 5.38. The maximum atomic E-state index is 12.7. The number of hydrogen-bond acceptors (Lipinski definition) is 3. The first kappa shape index (κ1) is 15.6. The van der Waals surface area contributed by atoms with Crippen LogP contribution >= 0.6 is 12.4 Å². The monoisotopic (exact) mass is 309 g/mol. The third-order valence-corrected chi connectivity index (χ3v) is 4.09. The van der Waals surface area contributed by atoms with Crippen LogP contribution in [0.1, 0.15) is 29.3 Å². The Kier molecular flexibility index (Phi) is 4.73. The van der Waals surface area contributed by atoms with Crippen molar-refractivity contribution in [1.29, 1.82) is 0 Å². The van der Waals surface area contributed by atoms with Crippen LogP contribution in [0.15, 0.2) is 18.2 Å².